The van der Waals surface area contributed by atoms with Crippen molar-refractivity contribution in [3.05, 3.63) is 63.7 Å². The van der Waals surface area contributed by atoms with E-state index < -0.39 is 10.9 Å². The smallest absolute Gasteiger partial charge is 0.338 e. The summed E-state index contributed by atoms with van der Waals surface area (Å²) in [6.45, 7) is 0.258. The van der Waals surface area contributed by atoms with Crippen molar-refractivity contribution in [2.24, 2.45) is 0 Å². The lowest BCUT2D eigenvalue weighted by atomic mass is 10.2. The first-order chi connectivity index (χ1) is 10.6. The topological polar surface area (TPSA) is 87.9 Å². The van der Waals surface area contributed by atoms with Gasteiger partial charge in [-0.3, -0.25) is 10.1 Å². The van der Waals surface area contributed by atoms with Crippen molar-refractivity contribution in [1.29, 1.82) is 0 Å². The summed E-state index contributed by atoms with van der Waals surface area (Å²) in [5, 5.41) is 10.6. The fourth-order valence-corrected chi connectivity index (χ4v) is 1.98. The standard InChI is InChI=1S/C15H11NO6/c17-15(11-2-4-12(5-3-11)16(18)19)20-8-10-1-6-13-14(7-10)22-9-21-13/h1-7H,8-9H2. The van der Waals surface area contributed by atoms with E-state index in [9.17, 15) is 14.9 Å². The third kappa shape index (κ3) is 2.83. The predicted octanol–water partition coefficient (Wildman–Crippen LogP) is 2.68. The van der Waals surface area contributed by atoms with Gasteiger partial charge in [0, 0.05) is 12.1 Å². The van der Waals surface area contributed by atoms with Crippen molar-refractivity contribution in [3.8, 4) is 11.5 Å². The second kappa shape index (κ2) is 5.72. The van der Waals surface area contributed by atoms with Crippen molar-refractivity contribution < 1.29 is 23.9 Å². The quantitative estimate of drug-likeness (QED) is 0.490. The first kappa shape index (κ1) is 13.9. The van der Waals surface area contributed by atoms with Gasteiger partial charge >= 0.3 is 5.97 Å². The number of ether oxygens (including phenoxy) is 3. The Morgan fingerprint density at radius 2 is 1.86 bits per heavy atom. The van der Waals surface area contributed by atoms with Crippen LogP contribution in [0.2, 0.25) is 0 Å². The van der Waals surface area contributed by atoms with Crippen LogP contribution >= 0.6 is 0 Å². The maximum Gasteiger partial charge on any atom is 0.338 e. The van der Waals surface area contributed by atoms with Crippen LogP contribution in [0.15, 0.2) is 42.5 Å². The first-order valence-corrected chi connectivity index (χ1v) is 6.43. The Morgan fingerprint density at radius 3 is 2.59 bits per heavy atom. The Balaban J connectivity index is 1.63. The zero-order valence-corrected chi connectivity index (χ0v) is 11.4. The summed E-state index contributed by atoms with van der Waals surface area (Å²) in [6, 6.07) is 10.5. The van der Waals surface area contributed by atoms with Crippen LogP contribution in [0.5, 0.6) is 11.5 Å². The molecule has 0 unspecified atom stereocenters. The second-order valence-corrected chi connectivity index (χ2v) is 4.57. The molecule has 22 heavy (non-hydrogen) atoms. The van der Waals surface area contributed by atoms with Gasteiger partial charge in [0.05, 0.1) is 10.5 Å². The summed E-state index contributed by atoms with van der Waals surface area (Å²) < 4.78 is 15.6. The molecule has 0 atom stereocenters. The summed E-state index contributed by atoms with van der Waals surface area (Å²) in [5.74, 6) is 0.724. The van der Waals surface area contributed by atoms with Crippen LogP contribution in [0.25, 0.3) is 0 Å². The molecule has 0 N–H and O–H groups in total. The zero-order chi connectivity index (χ0) is 15.5. The van der Waals surface area contributed by atoms with Crippen molar-refractivity contribution in [3.63, 3.8) is 0 Å². The molecule has 0 bridgehead atoms. The third-order valence-electron chi connectivity index (χ3n) is 3.12. The maximum absolute atomic E-state index is 11.9. The summed E-state index contributed by atoms with van der Waals surface area (Å²) in [4.78, 5) is 21.9. The number of nitro groups is 1. The van der Waals surface area contributed by atoms with Crippen LogP contribution in [-0.4, -0.2) is 17.7 Å². The molecule has 1 heterocycles. The van der Waals surface area contributed by atoms with Gasteiger partial charge in [-0.25, -0.2) is 4.79 Å². The van der Waals surface area contributed by atoms with Gasteiger partial charge in [-0.05, 0) is 29.8 Å². The Kier molecular flexibility index (Phi) is 3.61. The van der Waals surface area contributed by atoms with E-state index in [1.165, 1.54) is 24.3 Å². The Bertz CT molecular complexity index is 725. The van der Waals surface area contributed by atoms with Gasteiger partial charge in [-0.15, -0.1) is 0 Å². The van der Waals surface area contributed by atoms with Crippen molar-refractivity contribution >= 4 is 11.7 Å². The second-order valence-electron chi connectivity index (χ2n) is 4.57. The van der Waals surface area contributed by atoms with E-state index in [1.54, 1.807) is 18.2 Å². The summed E-state index contributed by atoms with van der Waals surface area (Å²) in [5.41, 5.74) is 0.943. The Morgan fingerprint density at radius 1 is 1.14 bits per heavy atom. The van der Waals surface area contributed by atoms with Gasteiger partial charge in [-0.2, -0.15) is 0 Å². The van der Waals surface area contributed by atoms with Crippen LogP contribution < -0.4 is 9.47 Å². The van der Waals surface area contributed by atoms with E-state index in [1.807, 2.05) is 0 Å². The minimum atomic E-state index is -0.549. The lowest BCUT2D eigenvalue weighted by Gasteiger charge is -2.06. The molecule has 0 fully saturated rings. The number of hydrogen-bond acceptors (Lipinski definition) is 6. The molecular formula is C15H11NO6. The molecule has 0 aromatic heterocycles. The van der Waals surface area contributed by atoms with Crippen LogP contribution in [0.4, 0.5) is 5.69 Å². The van der Waals surface area contributed by atoms with Crippen molar-refractivity contribution in [2.75, 3.05) is 6.79 Å². The average Bonchev–Trinajstić information content (AvgIpc) is 3.00. The molecule has 0 amide bonds. The van der Waals surface area contributed by atoms with E-state index in [0.717, 1.165) is 5.56 Å². The van der Waals surface area contributed by atoms with E-state index in [-0.39, 0.29) is 24.7 Å². The summed E-state index contributed by atoms with van der Waals surface area (Å²) >= 11 is 0. The molecule has 112 valence electrons. The van der Waals surface area contributed by atoms with E-state index in [2.05, 4.69) is 0 Å². The highest BCUT2D eigenvalue weighted by Gasteiger charge is 2.15. The lowest BCUT2D eigenvalue weighted by Crippen LogP contribution is -2.05. The number of carbonyl (C=O) groups is 1. The maximum atomic E-state index is 11.9. The number of nitro benzene ring substituents is 1. The van der Waals surface area contributed by atoms with Gasteiger partial charge in [0.1, 0.15) is 6.61 Å². The molecule has 1 aliphatic heterocycles. The third-order valence-corrected chi connectivity index (χ3v) is 3.12. The van der Waals surface area contributed by atoms with E-state index in [0.29, 0.717) is 11.5 Å². The molecular weight excluding hydrogens is 290 g/mol. The zero-order valence-electron chi connectivity index (χ0n) is 11.4. The minimum absolute atomic E-state index is 0.0759. The molecule has 2 aromatic rings. The van der Waals surface area contributed by atoms with Crippen molar-refractivity contribution in [1.82, 2.24) is 0 Å². The molecule has 0 spiro atoms. The van der Waals surface area contributed by atoms with Gasteiger partial charge in [0.2, 0.25) is 6.79 Å². The molecule has 7 nitrogen and oxygen atoms in total. The summed E-state index contributed by atoms with van der Waals surface area (Å²) in [6.07, 6.45) is 0. The molecule has 3 rings (SSSR count). The minimum Gasteiger partial charge on any atom is -0.457 e. The number of benzene rings is 2. The SMILES string of the molecule is O=C(OCc1ccc2c(c1)OCO2)c1ccc([N+](=O)[O-])cc1. The van der Waals surface area contributed by atoms with Crippen LogP contribution in [0.3, 0.4) is 0 Å². The Labute approximate surface area is 125 Å². The fraction of sp³-hybridized carbons (Fsp3) is 0.133. The van der Waals surface area contributed by atoms with E-state index >= 15 is 0 Å². The highest BCUT2D eigenvalue weighted by Crippen LogP contribution is 2.32. The summed E-state index contributed by atoms with van der Waals surface area (Å²) in [7, 11) is 0. The molecule has 0 saturated carbocycles. The normalized spacial score (nSPS) is 12.0. The fourth-order valence-electron chi connectivity index (χ4n) is 1.98. The Hall–Kier alpha value is -3.09. The highest BCUT2D eigenvalue weighted by atomic mass is 16.7. The monoisotopic (exact) mass is 301 g/mol. The largest absolute Gasteiger partial charge is 0.457 e. The van der Waals surface area contributed by atoms with Gasteiger partial charge < -0.3 is 14.2 Å². The number of nitrogens with zero attached hydrogens (tertiary/aromatic N) is 1. The van der Waals surface area contributed by atoms with Crippen LogP contribution in [0.1, 0.15) is 15.9 Å². The van der Waals surface area contributed by atoms with Crippen LogP contribution in [0, 0.1) is 10.1 Å². The molecule has 0 radical (unpaired) electrons. The molecule has 2 aromatic carbocycles. The average molecular weight is 301 g/mol. The first-order valence-electron chi connectivity index (χ1n) is 6.43. The van der Waals surface area contributed by atoms with Gasteiger partial charge in [0.15, 0.2) is 11.5 Å². The molecule has 0 aliphatic carbocycles. The number of esters is 1. The molecule has 1 aliphatic rings. The molecule has 7 heteroatoms. The number of hydrogen-bond donors (Lipinski definition) is 0. The van der Waals surface area contributed by atoms with Crippen LogP contribution in [-0.2, 0) is 11.3 Å². The van der Waals surface area contributed by atoms with E-state index in [4.69, 9.17) is 14.2 Å². The van der Waals surface area contributed by atoms with Gasteiger partial charge in [-0.1, -0.05) is 6.07 Å². The number of non-ortho nitro benzene ring substituents is 1. The predicted molar refractivity (Wildman–Crippen MR) is 74.8 cm³/mol. The molecule has 0 saturated heterocycles. The number of carbonyl (C=O) groups excluding carboxylic acids is 1. The van der Waals surface area contributed by atoms with Gasteiger partial charge in [0.25, 0.3) is 5.69 Å². The highest BCUT2D eigenvalue weighted by molar-refractivity contribution is 5.89. The lowest BCUT2D eigenvalue weighted by molar-refractivity contribution is -0.384. The van der Waals surface area contributed by atoms with Crippen molar-refractivity contribution in [2.45, 2.75) is 6.61 Å². The number of fused-ring (bicyclic) bond motifs is 1. The number of rotatable bonds is 4.